The van der Waals surface area contributed by atoms with E-state index in [0.717, 1.165) is 28.0 Å². The maximum Gasteiger partial charge on any atom is 0.0650 e. The summed E-state index contributed by atoms with van der Waals surface area (Å²) in [6.07, 6.45) is 1.76. The Kier molecular flexibility index (Phi) is 4.06. The second kappa shape index (κ2) is 6.14. The number of hydrogen-bond donors (Lipinski definition) is 2. The molecule has 106 valence electrons. The van der Waals surface area contributed by atoms with Crippen molar-refractivity contribution in [1.29, 1.82) is 0 Å². The van der Waals surface area contributed by atoms with Crippen molar-refractivity contribution in [3.05, 3.63) is 70.3 Å². The van der Waals surface area contributed by atoms with Gasteiger partial charge in [-0.25, -0.2) is 0 Å². The minimum Gasteiger partial charge on any atom is -0.381 e. The predicted octanol–water partition coefficient (Wildman–Crippen LogP) is 4.76. The lowest BCUT2D eigenvalue weighted by molar-refractivity contribution is 1.09. The van der Waals surface area contributed by atoms with Gasteiger partial charge in [-0.2, -0.15) is 5.10 Å². The van der Waals surface area contributed by atoms with Gasteiger partial charge in [0.2, 0.25) is 0 Å². The highest BCUT2D eigenvalue weighted by Crippen LogP contribution is 2.22. The molecule has 0 spiro atoms. The van der Waals surface area contributed by atoms with Crippen LogP contribution in [0.4, 0.5) is 5.69 Å². The Bertz CT molecular complexity index is 718. The van der Waals surface area contributed by atoms with E-state index < -0.39 is 0 Å². The zero-order valence-electron chi connectivity index (χ0n) is 11.7. The van der Waals surface area contributed by atoms with Crippen LogP contribution in [0.15, 0.2) is 59.2 Å². The highest BCUT2D eigenvalue weighted by Gasteiger charge is 2.01. The van der Waals surface area contributed by atoms with Crippen LogP contribution in [0.5, 0.6) is 0 Å². The van der Waals surface area contributed by atoms with Crippen LogP contribution in [0, 0.1) is 6.92 Å². The summed E-state index contributed by atoms with van der Waals surface area (Å²) in [6, 6.07) is 16.7. The molecule has 0 amide bonds. The van der Waals surface area contributed by atoms with Gasteiger partial charge < -0.3 is 5.32 Å². The molecule has 4 heteroatoms. The smallest absolute Gasteiger partial charge is 0.0650 e. The summed E-state index contributed by atoms with van der Waals surface area (Å²) in [5, 5.41) is 10.4. The van der Waals surface area contributed by atoms with Crippen LogP contribution in [0.1, 0.15) is 11.1 Å². The normalized spacial score (nSPS) is 10.6. The third-order valence-corrected chi connectivity index (χ3v) is 4.13. The summed E-state index contributed by atoms with van der Waals surface area (Å²) in [6.45, 7) is 2.89. The number of rotatable bonds is 4. The zero-order chi connectivity index (χ0) is 14.7. The third-order valence-electron chi connectivity index (χ3n) is 3.39. The van der Waals surface area contributed by atoms with Crippen LogP contribution < -0.4 is 5.32 Å². The number of aromatic nitrogens is 2. The van der Waals surface area contributed by atoms with E-state index in [0.29, 0.717) is 0 Å². The van der Waals surface area contributed by atoms with Gasteiger partial charge in [-0.3, -0.25) is 5.10 Å². The molecule has 1 heterocycles. The number of nitrogens with zero attached hydrogens (tertiary/aromatic N) is 1. The molecule has 0 radical (unpaired) electrons. The van der Waals surface area contributed by atoms with Crippen molar-refractivity contribution < 1.29 is 0 Å². The summed E-state index contributed by atoms with van der Waals surface area (Å²) in [7, 11) is 0. The van der Waals surface area contributed by atoms with E-state index in [1.165, 1.54) is 11.1 Å². The Balaban J connectivity index is 1.68. The zero-order valence-corrected chi connectivity index (χ0v) is 13.3. The summed E-state index contributed by atoms with van der Waals surface area (Å²) in [5.41, 5.74) is 5.77. The first-order valence-corrected chi connectivity index (χ1v) is 7.60. The molecule has 0 fully saturated rings. The van der Waals surface area contributed by atoms with E-state index in [1.807, 2.05) is 6.07 Å². The van der Waals surface area contributed by atoms with Gasteiger partial charge >= 0.3 is 0 Å². The molecule has 2 N–H and O–H groups in total. The number of anilines is 1. The van der Waals surface area contributed by atoms with Crippen molar-refractivity contribution in [2.45, 2.75) is 13.5 Å². The Morgan fingerprint density at radius 2 is 1.90 bits per heavy atom. The largest absolute Gasteiger partial charge is 0.381 e. The molecule has 3 rings (SSSR count). The lowest BCUT2D eigenvalue weighted by Gasteiger charge is -2.09. The first-order chi connectivity index (χ1) is 10.2. The summed E-state index contributed by atoms with van der Waals surface area (Å²) in [4.78, 5) is 0. The summed E-state index contributed by atoms with van der Waals surface area (Å²) < 4.78 is 1.14. The monoisotopic (exact) mass is 341 g/mol. The highest BCUT2D eigenvalue weighted by atomic mass is 79.9. The number of aryl methyl sites for hydroxylation is 1. The van der Waals surface area contributed by atoms with Crippen molar-refractivity contribution in [3.8, 4) is 11.3 Å². The van der Waals surface area contributed by atoms with Gasteiger partial charge in [0.1, 0.15) is 0 Å². The molecule has 0 bridgehead atoms. The maximum absolute atomic E-state index is 3.97. The van der Waals surface area contributed by atoms with Crippen LogP contribution in [0.25, 0.3) is 11.3 Å². The predicted molar refractivity (Wildman–Crippen MR) is 90.2 cm³/mol. The fraction of sp³-hybridized carbons (Fsp3) is 0.118. The highest BCUT2D eigenvalue weighted by molar-refractivity contribution is 9.10. The Labute approximate surface area is 132 Å². The Morgan fingerprint density at radius 1 is 1.10 bits per heavy atom. The molecular formula is C17H16BrN3. The Hall–Kier alpha value is -2.07. The fourth-order valence-electron chi connectivity index (χ4n) is 2.18. The number of nitrogens with one attached hydrogen (secondary N) is 2. The standard InChI is InChI=1S/C17H16BrN3/c1-12-2-3-14(16(18)10-12)11-19-15-6-4-13(5-7-15)17-8-9-20-21-17/h2-10,19H,11H2,1H3,(H,20,21). The molecule has 21 heavy (non-hydrogen) atoms. The second-order valence-corrected chi connectivity index (χ2v) is 5.85. The van der Waals surface area contributed by atoms with Crippen LogP contribution in [-0.2, 0) is 6.54 Å². The van der Waals surface area contributed by atoms with Gasteiger partial charge in [-0.15, -0.1) is 0 Å². The van der Waals surface area contributed by atoms with E-state index in [2.05, 4.69) is 80.8 Å². The number of hydrogen-bond acceptors (Lipinski definition) is 2. The first-order valence-electron chi connectivity index (χ1n) is 6.81. The minimum absolute atomic E-state index is 0.796. The van der Waals surface area contributed by atoms with Crippen molar-refractivity contribution >= 4 is 21.6 Å². The molecule has 0 aliphatic heterocycles. The van der Waals surface area contributed by atoms with E-state index in [-0.39, 0.29) is 0 Å². The van der Waals surface area contributed by atoms with Gasteiger partial charge in [-0.1, -0.05) is 40.2 Å². The summed E-state index contributed by atoms with van der Waals surface area (Å²) in [5.74, 6) is 0. The molecule has 3 nitrogen and oxygen atoms in total. The molecular weight excluding hydrogens is 326 g/mol. The number of halogens is 1. The van der Waals surface area contributed by atoms with Gasteiger partial charge in [0.25, 0.3) is 0 Å². The minimum atomic E-state index is 0.796. The van der Waals surface area contributed by atoms with E-state index in [9.17, 15) is 0 Å². The lowest BCUT2D eigenvalue weighted by atomic mass is 10.1. The van der Waals surface area contributed by atoms with Crippen molar-refractivity contribution in [2.75, 3.05) is 5.32 Å². The molecule has 3 aromatic rings. The molecule has 2 aromatic carbocycles. The van der Waals surface area contributed by atoms with Gasteiger partial charge in [0, 0.05) is 22.9 Å². The van der Waals surface area contributed by atoms with Crippen molar-refractivity contribution in [1.82, 2.24) is 10.2 Å². The van der Waals surface area contributed by atoms with Gasteiger partial charge in [0.15, 0.2) is 0 Å². The molecule has 0 aliphatic rings. The third kappa shape index (κ3) is 3.34. The van der Waals surface area contributed by atoms with E-state index >= 15 is 0 Å². The quantitative estimate of drug-likeness (QED) is 0.718. The van der Waals surface area contributed by atoms with Crippen molar-refractivity contribution in [3.63, 3.8) is 0 Å². The molecule has 0 aliphatic carbocycles. The molecule has 0 atom stereocenters. The molecule has 0 saturated heterocycles. The van der Waals surface area contributed by atoms with Gasteiger partial charge in [-0.05, 0) is 47.9 Å². The first kappa shape index (κ1) is 13.9. The average molecular weight is 342 g/mol. The van der Waals surface area contributed by atoms with Crippen LogP contribution >= 0.6 is 15.9 Å². The van der Waals surface area contributed by atoms with Crippen LogP contribution in [0.2, 0.25) is 0 Å². The van der Waals surface area contributed by atoms with Crippen LogP contribution in [-0.4, -0.2) is 10.2 Å². The molecule has 0 unspecified atom stereocenters. The lowest BCUT2D eigenvalue weighted by Crippen LogP contribution is -2.00. The average Bonchev–Trinajstić information content (AvgIpc) is 3.01. The Morgan fingerprint density at radius 3 is 2.57 bits per heavy atom. The van der Waals surface area contributed by atoms with Gasteiger partial charge in [0.05, 0.1) is 5.69 Å². The van der Waals surface area contributed by atoms with Crippen LogP contribution in [0.3, 0.4) is 0 Å². The number of aromatic amines is 1. The second-order valence-electron chi connectivity index (χ2n) is 5.00. The topological polar surface area (TPSA) is 40.7 Å². The van der Waals surface area contributed by atoms with Crippen molar-refractivity contribution in [2.24, 2.45) is 0 Å². The number of H-pyrrole nitrogens is 1. The number of benzene rings is 2. The fourth-order valence-corrected chi connectivity index (χ4v) is 2.81. The van der Waals surface area contributed by atoms with E-state index in [4.69, 9.17) is 0 Å². The maximum atomic E-state index is 3.97. The SMILES string of the molecule is Cc1ccc(CNc2ccc(-c3ccn[nH]3)cc2)c(Br)c1. The summed E-state index contributed by atoms with van der Waals surface area (Å²) >= 11 is 3.61. The molecule has 0 saturated carbocycles. The molecule has 1 aromatic heterocycles. The van der Waals surface area contributed by atoms with E-state index in [1.54, 1.807) is 6.20 Å².